The van der Waals surface area contributed by atoms with Gasteiger partial charge in [-0.3, -0.25) is 9.98 Å². The first-order valence-corrected chi connectivity index (χ1v) is 9.17. The topological polar surface area (TPSA) is 52.3 Å². The Morgan fingerprint density at radius 3 is 2.80 bits per heavy atom. The Labute approximate surface area is 150 Å². The van der Waals surface area contributed by atoms with Gasteiger partial charge in [-0.05, 0) is 48.7 Å². The summed E-state index contributed by atoms with van der Waals surface area (Å²) in [6.07, 6.45) is 1.81. The third kappa shape index (κ3) is 2.59. The summed E-state index contributed by atoms with van der Waals surface area (Å²) in [7, 11) is 0. The number of rotatable bonds is 1. The van der Waals surface area contributed by atoms with Crippen LogP contribution in [0.2, 0.25) is 0 Å². The standard InChI is InChI=1S/C19H17FN4S/c1-11-3-4-16(23-10-11)18-14(9-21)13-8-15(20)12(2)7-17(13)24(18)19-22-5-6-25-19/h3-4,7-8,10,14,18H,5-6H2,1-2H3. The van der Waals surface area contributed by atoms with E-state index in [1.54, 1.807) is 24.9 Å². The monoisotopic (exact) mass is 352 g/mol. The van der Waals surface area contributed by atoms with Gasteiger partial charge in [-0.1, -0.05) is 17.8 Å². The highest BCUT2D eigenvalue weighted by molar-refractivity contribution is 8.14. The number of anilines is 1. The van der Waals surface area contributed by atoms with Crippen LogP contribution in [0.1, 0.15) is 34.3 Å². The van der Waals surface area contributed by atoms with Gasteiger partial charge in [0.25, 0.3) is 0 Å². The molecule has 3 heterocycles. The minimum Gasteiger partial charge on any atom is -0.310 e. The second kappa shape index (κ2) is 6.16. The van der Waals surface area contributed by atoms with Gasteiger partial charge in [0.2, 0.25) is 0 Å². The Bertz CT molecular complexity index is 901. The maximum Gasteiger partial charge on any atom is 0.164 e. The van der Waals surface area contributed by atoms with Crippen molar-refractivity contribution in [1.82, 2.24) is 4.98 Å². The molecule has 2 aromatic rings. The van der Waals surface area contributed by atoms with Crippen LogP contribution in [0, 0.1) is 31.0 Å². The number of thioether (sulfide) groups is 1. The van der Waals surface area contributed by atoms with E-state index < -0.39 is 5.92 Å². The summed E-state index contributed by atoms with van der Waals surface area (Å²) >= 11 is 1.67. The maximum absolute atomic E-state index is 14.2. The Hall–Kier alpha value is -2.39. The number of hydrogen-bond donors (Lipinski definition) is 0. The Morgan fingerprint density at radius 1 is 1.32 bits per heavy atom. The van der Waals surface area contributed by atoms with Crippen LogP contribution in [0.15, 0.2) is 35.5 Å². The number of aryl methyl sites for hydroxylation is 2. The first-order valence-electron chi connectivity index (χ1n) is 8.19. The maximum atomic E-state index is 14.2. The molecular weight excluding hydrogens is 335 g/mol. The van der Waals surface area contributed by atoms with E-state index in [-0.39, 0.29) is 11.9 Å². The number of nitriles is 1. The number of aliphatic imine (C=N–C) groups is 1. The number of benzene rings is 1. The first kappa shape index (κ1) is 16.1. The molecule has 0 saturated carbocycles. The third-order valence-electron chi connectivity index (χ3n) is 4.65. The van der Waals surface area contributed by atoms with Crippen LogP contribution in [-0.2, 0) is 0 Å². The lowest BCUT2D eigenvalue weighted by atomic mass is 9.93. The number of amidine groups is 1. The van der Waals surface area contributed by atoms with Gasteiger partial charge in [-0.2, -0.15) is 5.26 Å². The Balaban J connectivity index is 1.91. The largest absolute Gasteiger partial charge is 0.310 e. The molecule has 4 nitrogen and oxygen atoms in total. The van der Waals surface area contributed by atoms with Crippen LogP contribution < -0.4 is 4.90 Å². The predicted octanol–water partition coefficient (Wildman–Crippen LogP) is 4.11. The third-order valence-corrected chi connectivity index (χ3v) is 5.62. The van der Waals surface area contributed by atoms with Gasteiger partial charge in [0.05, 0.1) is 30.3 Å². The fourth-order valence-electron chi connectivity index (χ4n) is 3.40. The van der Waals surface area contributed by atoms with E-state index in [0.717, 1.165) is 34.4 Å². The minimum absolute atomic E-state index is 0.280. The van der Waals surface area contributed by atoms with Crippen molar-refractivity contribution in [2.24, 2.45) is 4.99 Å². The molecule has 126 valence electrons. The van der Waals surface area contributed by atoms with Crippen molar-refractivity contribution >= 4 is 22.6 Å². The number of halogens is 1. The SMILES string of the molecule is Cc1ccc(C2C(C#N)c3cc(F)c(C)cc3N2C2=NCCS2)nc1. The van der Waals surface area contributed by atoms with Gasteiger partial charge in [0, 0.05) is 17.6 Å². The molecule has 0 bridgehead atoms. The zero-order valence-corrected chi connectivity index (χ0v) is 14.8. The van der Waals surface area contributed by atoms with Gasteiger partial charge >= 0.3 is 0 Å². The summed E-state index contributed by atoms with van der Waals surface area (Å²) in [5.41, 5.74) is 4.02. The highest BCUT2D eigenvalue weighted by atomic mass is 32.2. The molecule has 2 atom stereocenters. The minimum atomic E-state index is -0.482. The number of hydrogen-bond acceptors (Lipinski definition) is 5. The Morgan fingerprint density at radius 2 is 2.16 bits per heavy atom. The number of fused-ring (bicyclic) bond motifs is 1. The van der Waals surface area contributed by atoms with E-state index in [1.165, 1.54) is 6.07 Å². The molecule has 1 aromatic carbocycles. The van der Waals surface area contributed by atoms with Crippen LogP contribution in [0.4, 0.5) is 10.1 Å². The van der Waals surface area contributed by atoms with Crippen molar-refractivity contribution in [3.8, 4) is 6.07 Å². The predicted molar refractivity (Wildman–Crippen MR) is 98.4 cm³/mol. The first-order chi connectivity index (χ1) is 12.1. The number of nitrogens with zero attached hydrogens (tertiary/aromatic N) is 4. The molecule has 0 fully saturated rings. The second-order valence-corrected chi connectivity index (χ2v) is 7.42. The van der Waals surface area contributed by atoms with Crippen molar-refractivity contribution in [2.45, 2.75) is 25.8 Å². The van der Waals surface area contributed by atoms with Gasteiger partial charge in [0.1, 0.15) is 5.82 Å². The quantitative estimate of drug-likeness (QED) is 0.775. The zero-order chi connectivity index (χ0) is 17.6. The summed E-state index contributed by atoms with van der Waals surface area (Å²) in [6.45, 7) is 4.49. The van der Waals surface area contributed by atoms with Crippen molar-refractivity contribution in [2.75, 3.05) is 17.2 Å². The molecular formula is C19H17FN4S. The molecule has 1 aromatic heterocycles. The number of pyridine rings is 1. The zero-order valence-electron chi connectivity index (χ0n) is 14.0. The molecule has 0 amide bonds. The smallest absolute Gasteiger partial charge is 0.164 e. The van der Waals surface area contributed by atoms with Crippen molar-refractivity contribution in [3.63, 3.8) is 0 Å². The molecule has 0 aliphatic carbocycles. The lowest BCUT2D eigenvalue weighted by Crippen LogP contribution is -2.31. The number of aromatic nitrogens is 1. The van der Waals surface area contributed by atoms with Crippen LogP contribution in [0.3, 0.4) is 0 Å². The van der Waals surface area contributed by atoms with Gasteiger partial charge < -0.3 is 4.90 Å². The van der Waals surface area contributed by atoms with Crippen molar-refractivity contribution in [1.29, 1.82) is 5.26 Å². The van der Waals surface area contributed by atoms with E-state index >= 15 is 0 Å². The molecule has 25 heavy (non-hydrogen) atoms. The second-order valence-electron chi connectivity index (χ2n) is 6.35. The van der Waals surface area contributed by atoms with E-state index in [1.807, 2.05) is 25.1 Å². The molecule has 0 N–H and O–H groups in total. The van der Waals surface area contributed by atoms with E-state index in [4.69, 9.17) is 0 Å². The molecule has 2 unspecified atom stereocenters. The molecule has 6 heteroatoms. The molecule has 0 radical (unpaired) electrons. The van der Waals surface area contributed by atoms with E-state index in [9.17, 15) is 9.65 Å². The molecule has 2 aliphatic heterocycles. The van der Waals surface area contributed by atoms with Crippen molar-refractivity contribution in [3.05, 3.63) is 58.7 Å². The fourth-order valence-corrected chi connectivity index (χ4v) is 4.30. The van der Waals surface area contributed by atoms with Crippen LogP contribution in [0.5, 0.6) is 0 Å². The lowest BCUT2D eigenvalue weighted by Gasteiger charge is -2.27. The molecule has 0 spiro atoms. The highest BCUT2D eigenvalue weighted by Crippen LogP contribution is 2.50. The van der Waals surface area contributed by atoms with Crippen molar-refractivity contribution < 1.29 is 4.39 Å². The highest BCUT2D eigenvalue weighted by Gasteiger charge is 2.43. The van der Waals surface area contributed by atoms with Crippen LogP contribution in [0.25, 0.3) is 0 Å². The van der Waals surface area contributed by atoms with Gasteiger partial charge in [-0.15, -0.1) is 0 Å². The average molecular weight is 352 g/mol. The van der Waals surface area contributed by atoms with Gasteiger partial charge in [0.15, 0.2) is 5.17 Å². The molecule has 0 saturated heterocycles. The summed E-state index contributed by atoms with van der Waals surface area (Å²) < 4.78 is 14.2. The summed E-state index contributed by atoms with van der Waals surface area (Å²) in [4.78, 5) is 11.2. The lowest BCUT2D eigenvalue weighted by molar-refractivity contribution is 0.614. The van der Waals surface area contributed by atoms with Crippen LogP contribution in [-0.4, -0.2) is 22.4 Å². The normalized spacial score (nSPS) is 21.8. The summed E-state index contributed by atoms with van der Waals surface area (Å²) in [6, 6.07) is 9.35. The average Bonchev–Trinajstić information content (AvgIpc) is 3.22. The van der Waals surface area contributed by atoms with E-state index in [2.05, 4.69) is 20.9 Å². The molecule has 2 aliphatic rings. The van der Waals surface area contributed by atoms with Gasteiger partial charge in [-0.25, -0.2) is 4.39 Å². The summed E-state index contributed by atoms with van der Waals surface area (Å²) in [5, 5.41) is 10.7. The van der Waals surface area contributed by atoms with E-state index in [0.29, 0.717) is 11.1 Å². The summed E-state index contributed by atoms with van der Waals surface area (Å²) in [5.74, 6) is 0.161. The van der Waals surface area contributed by atoms with Crippen LogP contribution >= 0.6 is 11.8 Å². The Kier molecular flexibility index (Phi) is 3.97. The fraction of sp³-hybridized carbons (Fsp3) is 0.316. The molecule has 4 rings (SSSR count).